The highest BCUT2D eigenvalue weighted by Crippen LogP contribution is 2.21. The normalized spacial score (nSPS) is 12.4. The first kappa shape index (κ1) is 12.1. The van der Waals surface area contributed by atoms with Gasteiger partial charge in [-0.05, 0) is 34.5 Å². The van der Waals surface area contributed by atoms with Crippen molar-refractivity contribution in [2.24, 2.45) is 0 Å². The van der Waals surface area contributed by atoms with E-state index >= 15 is 0 Å². The van der Waals surface area contributed by atoms with Gasteiger partial charge in [-0.15, -0.1) is 0 Å². The van der Waals surface area contributed by atoms with Crippen molar-refractivity contribution in [1.82, 2.24) is 9.97 Å². The summed E-state index contributed by atoms with van der Waals surface area (Å²) in [6.07, 6.45) is 5.46. The number of aromatic nitrogens is 2. The van der Waals surface area contributed by atoms with Crippen molar-refractivity contribution in [2.75, 3.05) is 11.9 Å². The largest absolute Gasteiger partial charge is 0.467 e. The third kappa shape index (κ3) is 3.28. The summed E-state index contributed by atoms with van der Waals surface area (Å²) in [7, 11) is 0. The minimum atomic E-state index is -0.129. The molecule has 17 heavy (non-hydrogen) atoms. The van der Waals surface area contributed by atoms with Crippen LogP contribution in [0.15, 0.2) is 39.7 Å². The molecule has 0 amide bonds. The first-order valence-electron chi connectivity index (χ1n) is 5.18. The van der Waals surface area contributed by atoms with Crippen LogP contribution in [0.4, 0.5) is 5.95 Å². The summed E-state index contributed by atoms with van der Waals surface area (Å²) in [6.45, 7) is 0.0644. The lowest BCUT2D eigenvalue weighted by Crippen LogP contribution is -2.13. The van der Waals surface area contributed by atoms with Crippen LogP contribution in [0.25, 0.3) is 0 Å². The fraction of sp³-hybridized carbons (Fsp3) is 0.273. The summed E-state index contributed by atoms with van der Waals surface area (Å²) in [5.41, 5.74) is 0. The van der Waals surface area contributed by atoms with E-state index in [0.29, 0.717) is 12.4 Å². The lowest BCUT2D eigenvalue weighted by molar-refractivity contribution is 0.273. The van der Waals surface area contributed by atoms with Gasteiger partial charge in [-0.2, -0.15) is 0 Å². The molecule has 0 aliphatic carbocycles. The predicted molar refractivity (Wildman–Crippen MR) is 66.5 cm³/mol. The molecule has 1 unspecified atom stereocenters. The fourth-order valence-corrected chi connectivity index (χ4v) is 1.65. The van der Waals surface area contributed by atoms with E-state index in [0.717, 1.165) is 10.2 Å². The molecule has 0 aliphatic heterocycles. The molecule has 2 aromatic heterocycles. The standard InChI is InChI=1S/C11H12BrN3O2/c12-8-6-13-11(14-7-8)15-9(3-4-16)10-2-1-5-17-10/h1-2,5-7,9,16H,3-4H2,(H,13,14,15). The van der Waals surface area contributed by atoms with Crippen LogP contribution in [0.1, 0.15) is 18.2 Å². The molecule has 5 nitrogen and oxygen atoms in total. The predicted octanol–water partition coefficient (Wildman–Crippen LogP) is 2.37. The molecule has 0 saturated heterocycles. The van der Waals surface area contributed by atoms with E-state index < -0.39 is 0 Å². The van der Waals surface area contributed by atoms with Crippen molar-refractivity contribution >= 4 is 21.9 Å². The lowest BCUT2D eigenvalue weighted by atomic mass is 10.1. The van der Waals surface area contributed by atoms with Gasteiger partial charge < -0.3 is 14.8 Å². The topological polar surface area (TPSA) is 71.2 Å². The van der Waals surface area contributed by atoms with E-state index in [4.69, 9.17) is 9.52 Å². The number of furan rings is 1. The molecule has 1 atom stereocenters. The molecule has 0 spiro atoms. The summed E-state index contributed by atoms with van der Waals surface area (Å²) in [5.74, 6) is 1.26. The zero-order chi connectivity index (χ0) is 12.1. The summed E-state index contributed by atoms with van der Waals surface area (Å²) in [5, 5.41) is 12.1. The molecule has 2 aromatic rings. The van der Waals surface area contributed by atoms with Crippen molar-refractivity contribution in [3.63, 3.8) is 0 Å². The number of aliphatic hydroxyl groups is 1. The molecule has 0 aromatic carbocycles. The second-order valence-corrected chi connectivity index (χ2v) is 4.37. The smallest absolute Gasteiger partial charge is 0.223 e. The Kier molecular flexibility index (Phi) is 4.11. The van der Waals surface area contributed by atoms with E-state index in [1.54, 1.807) is 18.7 Å². The van der Waals surface area contributed by atoms with Gasteiger partial charge >= 0.3 is 0 Å². The Bertz CT molecular complexity index is 444. The van der Waals surface area contributed by atoms with E-state index in [1.165, 1.54) is 0 Å². The Morgan fingerprint density at radius 3 is 2.76 bits per heavy atom. The average molecular weight is 298 g/mol. The van der Waals surface area contributed by atoms with Crippen molar-refractivity contribution in [3.8, 4) is 0 Å². The fourth-order valence-electron chi connectivity index (χ4n) is 1.45. The number of anilines is 1. The summed E-state index contributed by atoms with van der Waals surface area (Å²) in [4.78, 5) is 8.24. The molecule has 0 radical (unpaired) electrons. The third-order valence-electron chi connectivity index (χ3n) is 2.23. The van der Waals surface area contributed by atoms with E-state index in [9.17, 15) is 0 Å². The molecule has 0 saturated carbocycles. The quantitative estimate of drug-likeness (QED) is 0.886. The molecule has 0 bridgehead atoms. The number of rotatable bonds is 5. The molecule has 2 heterocycles. The minimum absolute atomic E-state index is 0.0644. The van der Waals surface area contributed by atoms with Gasteiger partial charge in [-0.1, -0.05) is 0 Å². The van der Waals surface area contributed by atoms with Crippen LogP contribution in [0.3, 0.4) is 0 Å². The lowest BCUT2D eigenvalue weighted by Gasteiger charge is -2.15. The van der Waals surface area contributed by atoms with Gasteiger partial charge in [0.15, 0.2) is 0 Å². The molecular weight excluding hydrogens is 286 g/mol. The van der Waals surface area contributed by atoms with Gasteiger partial charge in [0.1, 0.15) is 5.76 Å². The van der Waals surface area contributed by atoms with Crippen molar-refractivity contribution in [2.45, 2.75) is 12.5 Å². The van der Waals surface area contributed by atoms with Gasteiger partial charge in [0.05, 0.1) is 16.8 Å². The van der Waals surface area contributed by atoms with E-state index in [1.807, 2.05) is 12.1 Å². The van der Waals surface area contributed by atoms with Crippen molar-refractivity contribution in [3.05, 3.63) is 41.0 Å². The van der Waals surface area contributed by atoms with Crippen LogP contribution in [-0.2, 0) is 0 Å². The Balaban J connectivity index is 2.10. The maximum Gasteiger partial charge on any atom is 0.223 e. The highest BCUT2D eigenvalue weighted by molar-refractivity contribution is 9.10. The molecule has 0 fully saturated rings. The highest BCUT2D eigenvalue weighted by Gasteiger charge is 2.14. The SMILES string of the molecule is OCCC(Nc1ncc(Br)cn1)c1ccco1. The van der Waals surface area contributed by atoms with Gasteiger partial charge in [0, 0.05) is 19.0 Å². The monoisotopic (exact) mass is 297 g/mol. The van der Waals surface area contributed by atoms with Crippen LogP contribution in [0, 0.1) is 0 Å². The molecule has 6 heteroatoms. The molecule has 2 rings (SSSR count). The number of hydrogen-bond acceptors (Lipinski definition) is 5. The molecule has 2 N–H and O–H groups in total. The number of nitrogens with zero attached hydrogens (tertiary/aromatic N) is 2. The van der Waals surface area contributed by atoms with Gasteiger partial charge in [-0.25, -0.2) is 9.97 Å². The van der Waals surface area contributed by atoms with Crippen molar-refractivity contribution < 1.29 is 9.52 Å². The highest BCUT2D eigenvalue weighted by atomic mass is 79.9. The van der Waals surface area contributed by atoms with Gasteiger partial charge in [-0.3, -0.25) is 0 Å². The van der Waals surface area contributed by atoms with E-state index in [2.05, 4.69) is 31.2 Å². The molecule has 90 valence electrons. The zero-order valence-electron chi connectivity index (χ0n) is 9.01. The van der Waals surface area contributed by atoms with Crippen LogP contribution in [-0.4, -0.2) is 21.7 Å². The van der Waals surface area contributed by atoms with Gasteiger partial charge in [0.2, 0.25) is 5.95 Å². The second kappa shape index (κ2) is 5.79. The van der Waals surface area contributed by atoms with Crippen LogP contribution >= 0.6 is 15.9 Å². The molecular formula is C11H12BrN3O2. The maximum atomic E-state index is 9.03. The average Bonchev–Trinajstić information content (AvgIpc) is 2.85. The molecule has 0 aliphatic rings. The third-order valence-corrected chi connectivity index (χ3v) is 2.64. The Morgan fingerprint density at radius 1 is 1.41 bits per heavy atom. The first-order valence-corrected chi connectivity index (χ1v) is 5.97. The Morgan fingerprint density at radius 2 is 2.18 bits per heavy atom. The summed E-state index contributed by atoms with van der Waals surface area (Å²) < 4.78 is 6.12. The maximum absolute atomic E-state index is 9.03. The van der Waals surface area contributed by atoms with Crippen LogP contribution < -0.4 is 5.32 Å². The number of halogens is 1. The van der Waals surface area contributed by atoms with Crippen LogP contribution in [0.2, 0.25) is 0 Å². The van der Waals surface area contributed by atoms with Gasteiger partial charge in [0.25, 0.3) is 0 Å². The minimum Gasteiger partial charge on any atom is -0.467 e. The van der Waals surface area contributed by atoms with E-state index in [-0.39, 0.29) is 12.6 Å². The zero-order valence-corrected chi connectivity index (χ0v) is 10.6. The number of aliphatic hydroxyl groups excluding tert-OH is 1. The number of hydrogen-bond donors (Lipinski definition) is 2. The summed E-state index contributed by atoms with van der Waals surface area (Å²) in [6, 6.07) is 3.53. The Hall–Kier alpha value is -1.40. The Labute approximate surface area is 107 Å². The second-order valence-electron chi connectivity index (χ2n) is 3.45. The van der Waals surface area contributed by atoms with Crippen molar-refractivity contribution in [1.29, 1.82) is 0 Å². The first-order chi connectivity index (χ1) is 8.29. The number of nitrogens with one attached hydrogen (secondary N) is 1. The van der Waals surface area contributed by atoms with Crippen LogP contribution in [0.5, 0.6) is 0 Å². The summed E-state index contributed by atoms with van der Waals surface area (Å²) >= 11 is 3.27.